The summed E-state index contributed by atoms with van der Waals surface area (Å²) in [6.07, 6.45) is 4.35. The average Bonchev–Trinajstić information content (AvgIpc) is 3.46. The largest absolute Gasteiger partial charge is 0.419 e. The summed E-state index contributed by atoms with van der Waals surface area (Å²) < 4.78 is 8.92. The molecule has 2 aromatic heterocycles. The number of oxazole rings is 1. The van der Waals surface area contributed by atoms with E-state index in [0.29, 0.717) is 24.6 Å². The summed E-state index contributed by atoms with van der Waals surface area (Å²) in [5.74, 6) is 0.0132. The molecule has 1 N–H and O–H groups in total. The van der Waals surface area contributed by atoms with E-state index in [9.17, 15) is 9.59 Å². The minimum Gasteiger partial charge on any atom is -0.408 e. The third-order valence-electron chi connectivity index (χ3n) is 6.30. The van der Waals surface area contributed by atoms with Crippen LogP contribution in [0.3, 0.4) is 0 Å². The van der Waals surface area contributed by atoms with Crippen molar-refractivity contribution in [2.24, 2.45) is 5.92 Å². The first-order valence-electron chi connectivity index (χ1n) is 10.8. The van der Waals surface area contributed by atoms with Gasteiger partial charge < -0.3 is 14.3 Å². The highest BCUT2D eigenvalue weighted by atomic mass is 16.4. The summed E-state index contributed by atoms with van der Waals surface area (Å²) >= 11 is 0. The fourth-order valence-corrected chi connectivity index (χ4v) is 4.20. The molecule has 0 radical (unpaired) electrons. The summed E-state index contributed by atoms with van der Waals surface area (Å²) in [5, 5.41) is 3.20. The van der Waals surface area contributed by atoms with Crippen LogP contribution in [0, 0.1) is 19.8 Å². The maximum atomic E-state index is 12.7. The standard InChI is InChI=1S/C24H26N4O3/c1-15-11-18-21(12-16(15)2)27(14-25-18)13-19(17-7-8-17)26-23(29)9-10-28-20-5-3-4-6-22(20)31-24(28)30/h3-6,11-12,14,17,19H,7-10,13H2,1-2H3,(H,26,29). The van der Waals surface area contributed by atoms with Gasteiger partial charge in [0, 0.05) is 25.6 Å². The van der Waals surface area contributed by atoms with Gasteiger partial charge in [0.2, 0.25) is 5.91 Å². The van der Waals surface area contributed by atoms with Gasteiger partial charge in [-0.2, -0.15) is 0 Å². The molecule has 4 aromatic rings. The lowest BCUT2D eigenvalue weighted by molar-refractivity contribution is -0.122. The number of amides is 1. The number of para-hydroxylation sites is 2. The van der Waals surface area contributed by atoms with Crippen molar-refractivity contribution < 1.29 is 9.21 Å². The fourth-order valence-electron chi connectivity index (χ4n) is 4.20. The average molecular weight is 418 g/mol. The van der Waals surface area contributed by atoms with Crippen molar-refractivity contribution in [3.63, 3.8) is 0 Å². The van der Waals surface area contributed by atoms with E-state index in [4.69, 9.17) is 4.42 Å². The van der Waals surface area contributed by atoms with Gasteiger partial charge in [0.15, 0.2) is 5.58 Å². The van der Waals surface area contributed by atoms with Gasteiger partial charge in [-0.1, -0.05) is 12.1 Å². The number of hydrogen-bond donors (Lipinski definition) is 1. The van der Waals surface area contributed by atoms with E-state index in [-0.39, 0.29) is 18.4 Å². The van der Waals surface area contributed by atoms with Crippen molar-refractivity contribution in [3.8, 4) is 0 Å². The zero-order chi connectivity index (χ0) is 21.5. The minimum absolute atomic E-state index is 0.0504. The molecule has 7 nitrogen and oxygen atoms in total. The highest BCUT2D eigenvalue weighted by molar-refractivity contribution is 5.78. The van der Waals surface area contributed by atoms with Gasteiger partial charge >= 0.3 is 5.76 Å². The number of nitrogens with one attached hydrogen (secondary N) is 1. The van der Waals surface area contributed by atoms with Crippen LogP contribution in [0.5, 0.6) is 0 Å². The molecule has 31 heavy (non-hydrogen) atoms. The molecule has 0 aliphatic heterocycles. The molecule has 2 aromatic carbocycles. The number of fused-ring (bicyclic) bond motifs is 2. The summed E-state index contributed by atoms with van der Waals surface area (Å²) in [7, 11) is 0. The second-order valence-electron chi connectivity index (χ2n) is 8.57. The van der Waals surface area contributed by atoms with E-state index in [1.165, 1.54) is 15.7 Å². The second kappa shape index (κ2) is 7.72. The van der Waals surface area contributed by atoms with Crippen molar-refractivity contribution >= 4 is 28.0 Å². The SMILES string of the molecule is Cc1cc2ncn(CC(NC(=O)CCn3c(=O)oc4ccccc43)C3CC3)c2cc1C. The molecule has 0 spiro atoms. The van der Waals surface area contributed by atoms with Crippen molar-refractivity contribution in [1.29, 1.82) is 0 Å². The number of hydrogen-bond acceptors (Lipinski definition) is 4. The Labute approximate surface area is 179 Å². The normalized spacial score (nSPS) is 14.9. The van der Waals surface area contributed by atoms with Crippen molar-refractivity contribution in [2.75, 3.05) is 0 Å². The van der Waals surface area contributed by atoms with Gasteiger partial charge in [0.05, 0.1) is 22.9 Å². The Bertz CT molecular complexity index is 1330. The summed E-state index contributed by atoms with van der Waals surface area (Å²) in [6.45, 7) is 5.19. The predicted molar refractivity (Wildman–Crippen MR) is 119 cm³/mol. The molecule has 160 valence electrons. The number of nitrogens with zero attached hydrogens (tertiary/aromatic N) is 3. The van der Waals surface area contributed by atoms with Gasteiger partial charge in [-0.05, 0) is 68.0 Å². The number of benzene rings is 2. The van der Waals surface area contributed by atoms with Crippen LogP contribution in [0.4, 0.5) is 0 Å². The van der Waals surface area contributed by atoms with E-state index in [1.54, 1.807) is 6.07 Å². The Morgan fingerprint density at radius 1 is 1.19 bits per heavy atom. The third-order valence-corrected chi connectivity index (χ3v) is 6.30. The predicted octanol–water partition coefficient (Wildman–Crippen LogP) is 3.55. The highest BCUT2D eigenvalue weighted by Crippen LogP contribution is 2.34. The molecule has 1 fully saturated rings. The quantitative estimate of drug-likeness (QED) is 0.498. The Hall–Kier alpha value is -3.35. The first-order valence-corrected chi connectivity index (χ1v) is 10.8. The van der Waals surface area contributed by atoms with E-state index in [0.717, 1.165) is 29.4 Å². The second-order valence-corrected chi connectivity index (χ2v) is 8.57. The lowest BCUT2D eigenvalue weighted by atomic mass is 10.1. The number of imidazole rings is 1. The molecule has 0 saturated heterocycles. The summed E-state index contributed by atoms with van der Waals surface area (Å²) in [4.78, 5) is 29.4. The van der Waals surface area contributed by atoms with Gasteiger partial charge in [-0.25, -0.2) is 9.78 Å². The smallest absolute Gasteiger partial charge is 0.408 e. The summed E-state index contributed by atoms with van der Waals surface area (Å²) in [5.41, 5.74) is 5.80. The first-order chi connectivity index (χ1) is 15.0. The molecular formula is C24H26N4O3. The maximum absolute atomic E-state index is 12.7. The van der Waals surface area contributed by atoms with Crippen molar-refractivity contribution in [1.82, 2.24) is 19.4 Å². The molecule has 2 heterocycles. The fraction of sp³-hybridized carbons (Fsp3) is 0.375. The van der Waals surface area contributed by atoms with Gasteiger partial charge in [-0.3, -0.25) is 9.36 Å². The van der Waals surface area contributed by atoms with Crippen LogP contribution in [0.25, 0.3) is 22.1 Å². The van der Waals surface area contributed by atoms with Gasteiger partial charge in [0.1, 0.15) is 0 Å². The molecule has 7 heteroatoms. The van der Waals surface area contributed by atoms with Crippen LogP contribution >= 0.6 is 0 Å². The maximum Gasteiger partial charge on any atom is 0.419 e. The van der Waals surface area contributed by atoms with Crippen LogP contribution < -0.4 is 11.1 Å². The lowest BCUT2D eigenvalue weighted by Gasteiger charge is -2.19. The number of carbonyl (C=O) groups excluding carboxylic acids is 1. The highest BCUT2D eigenvalue weighted by Gasteiger charge is 2.32. The number of rotatable bonds is 7. The molecule has 1 atom stereocenters. The van der Waals surface area contributed by atoms with Crippen molar-refractivity contribution in [2.45, 2.75) is 52.2 Å². The monoisotopic (exact) mass is 418 g/mol. The molecule has 1 amide bonds. The molecule has 1 saturated carbocycles. The zero-order valence-electron chi connectivity index (χ0n) is 17.8. The molecular weight excluding hydrogens is 392 g/mol. The molecule has 5 rings (SSSR count). The van der Waals surface area contributed by atoms with E-state index < -0.39 is 5.76 Å². The van der Waals surface area contributed by atoms with Crippen LogP contribution in [0.1, 0.15) is 30.4 Å². The Balaban J connectivity index is 1.28. The molecule has 1 unspecified atom stereocenters. The minimum atomic E-state index is -0.428. The van der Waals surface area contributed by atoms with Crippen LogP contribution in [0.15, 0.2) is 51.9 Å². The van der Waals surface area contributed by atoms with Crippen LogP contribution in [-0.4, -0.2) is 26.1 Å². The number of aryl methyl sites for hydroxylation is 3. The topological polar surface area (TPSA) is 82.1 Å². The van der Waals surface area contributed by atoms with E-state index in [2.05, 4.69) is 40.8 Å². The Morgan fingerprint density at radius 3 is 2.77 bits per heavy atom. The molecule has 1 aliphatic rings. The first kappa shape index (κ1) is 19.6. The third kappa shape index (κ3) is 3.87. The Kier molecular flexibility index (Phi) is 4.88. The van der Waals surface area contributed by atoms with Crippen molar-refractivity contribution in [3.05, 3.63) is 64.4 Å². The van der Waals surface area contributed by atoms with E-state index in [1.807, 2.05) is 24.5 Å². The van der Waals surface area contributed by atoms with E-state index >= 15 is 0 Å². The lowest BCUT2D eigenvalue weighted by Crippen LogP contribution is -2.40. The van der Waals surface area contributed by atoms with Crippen LogP contribution in [0.2, 0.25) is 0 Å². The van der Waals surface area contributed by atoms with Gasteiger partial charge in [-0.15, -0.1) is 0 Å². The Morgan fingerprint density at radius 2 is 1.97 bits per heavy atom. The van der Waals surface area contributed by atoms with Gasteiger partial charge in [0.25, 0.3) is 0 Å². The van der Waals surface area contributed by atoms with Crippen LogP contribution in [-0.2, 0) is 17.9 Å². The molecule has 1 aliphatic carbocycles. The number of carbonyl (C=O) groups is 1. The summed E-state index contributed by atoms with van der Waals surface area (Å²) in [6, 6.07) is 11.6. The molecule has 0 bridgehead atoms. The zero-order valence-corrected chi connectivity index (χ0v) is 17.8. The number of aromatic nitrogens is 3.